The van der Waals surface area contributed by atoms with Gasteiger partial charge in [-0.15, -0.1) is 0 Å². The van der Waals surface area contributed by atoms with Crippen LogP contribution in [-0.2, 0) is 0 Å². The summed E-state index contributed by atoms with van der Waals surface area (Å²) in [5.74, 6) is 0.0965. The third-order valence-corrected chi connectivity index (χ3v) is 1.08. The quantitative estimate of drug-likeness (QED) is 0.342. The van der Waals surface area contributed by atoms with Gasteiger partial charge in [-0.05, 0) is 9.92 Å². The fourth-order valence-corrected chi connectivity index (χ4v) is 0.642. The molecule has 0 spiro atoms. The van der Waals surface area contributed by atoms with Gasteiger partial charge < -0.3 is 10.4 Å². The maximum Gasteiger partial charge on any atom is 0.381 e. The molecule has 0 saturated carbocycles. The van der Waals surface area contributed by atoms with E-state index in [1.807, 2.05) is 0 Å². The summed E-state index contributed by atoms with van der Waals surface area (Å²) in [5, 5.41) is 38.0. The van der Waals surface area contributed by atoms with E-state index in [4.69, 9.17) is 0 Å². The molecule has 0 atom stereocenters. The smallest absolute Gasteiger partial charge is 0.381 e. The molecule has 62 valence electrons. The number of rotatable bonds is 1. The van der Waals surface area contributed by atoms with Gasteiger partial charge >= 0.3 is 11.6 Å². The number of nitrogens with zero attached hydrogens (tertiary/aromatic N) is 6. The lowest BCUT2D eigenvalue weighted by Gasteiger charge is -1.83. The Labute approximate surface area is 64.0 Å². The van der Waals surface area contributed by atoms with E-state index in [9.17, 15) is 10.4 Å². The second kappa shape index (κ2) is 2.11. The number of nitrogens with one attached hydrogen (secondary N) is 2. The largest absolute Gasteiger partial charge is 0.672 e. The fraction of sp³-hybridized carbons (Fsp3) is 0. The highest BCUT2D eigenvalue weighted by Gasteiger charge is 2.20. The maximum absolute atomic E-state index is 10.4. The zero-order valence-corrected chi connectivity index (χ0v) is 5.50. The van der Waals surface area contributed by atoms with Crippen molar-refractivity contribution >= 4 is 0 Å². The van der Waals surface area contributed by atoms with Crippen molar-refractivity contribution in [1.29, 1.82) is 0 Å². The lowest BCUT2D eigenvalue weighted by molar-refractivity contribution is -0.726. The van der Waals surface area contributed by atoms with Crippen molar-refractivity contribution in [2.75, 3.05) is 0 Å². The van der Waals surface area contributed by atoms with Crippen LogP contribution < -0.4 is 9.92 Å². The molecule has 12 heavy (non-hydrogen) atoms. The lowest BCUT2D eigenvalue weighted by atomic mass is 10.6. The second-order valence-corrected chi connectivity index (χ2v) is 1.85. The topological polar surface area (TPSA) is 137 Å². The number of aromatic nitrogens is 8. The van der Waals surface area contributed by atoms with Gasteiger partial charge in [0.25, 0.3) is 0 Å². The van der Waals surface area contributed by atoms with Crippen molar-refractivity contribution < 1.29 is 9.92 Å². The summed E-state index contributed by atoms with van der Waals surface area (Å²) in [5.41, 5.74) is 0. The Morgan fingerprint density at radius 3 is 1.58 bits per heavy atom. The molecule has 0 aliphatic rings. The summed E-state index contributed by atoms with van der Waals surface area (Å²) in [6, 6.07) is 0. The van der Waals surface area contributed by atoms with E-state index in [0.717, 1.165) is 0 Å². The highest BCUT2D eigenvalue weighted by Crippen LogP contribution is 1.98. The van der Waals surface area contributed by atoms with Gasteiger partial charge in [0, 0.05) is 0 Å². The molecule has 2 heterocycles. The average molecular weight is 170 g/mol. The molecule has 0 saturated heterocycles. The van der Waals surface area contributed by atoms with Crippen LogP contribution in [0.3, 0.4) is 0 Å². The van der Waals surface area contributed by atoms with Crippen molar-refractivity contribution in [2.45, 2.75) is 0 Å². The van der Waals surface area contributed by atoms with E-state index < -0.39 is 0 Å². The van der Waals surface area contributed by atoms with E-state index in [1.165, 1.54) is 0 Å². The monoisotopic (exact) mass is 170 g/mol. The van der Waals surface area contributed by atoms with Crippen LogP contribution in [0.5, 0.6) is 0 Å². The Morgan fingerprint density at radius 1 is 0.917 bits per heavy atom. The van der Waals surface area contributed by atoms with Gasteiger partial charge in [-0.25, -0.2) is 0 Å². The molecular formula is C2H2N8O2. The van der Waals surface area contributed by atoms with Crippen LogP contribution in [0.2, 0.25) is 0 Å². The van der Waals surface area contributed by atoms with E-state index in [1.54, 1.807) is 0 Å². The van der Waals surface area contributed by atoms with E-state index >= 15 is 0 Å². The Balaban J connectivity index is 2.43. The molecule has 0 unspecified atom stereocenters. The Morgan fingerprint density at radius 2 is 1.33 bits per heavy atom. The zero-order chi connectivity index (χ0) is 8.55. The van der Waals surface area contributed by atoms with E-state index in [0.29, 0.717) is 0 Å². The fourth-order valence-electron chi connectivity index (χ4n) is 0.642. The molecule has 2 rings (SSSR count). The summed E-state index contributed by atoms with van der Waals surface area (Å²) in [7, 11) is 0. The minimum Gasteiger partial charge on any atom is -0.672 e. The molecule has 10 nitrogen and oxygen atoms in total. The molecule has 0 aromatic carbocycles. The van der Waals surface area contributed by atoms with Gasteiger partial charge in [-0.1, -0.05) is 0 Å². The second-order valence-electron chi connectivity index (χ2n) is 1.85. The molecule has 2 aromatic rings. The molecule has 0 radical (unpaired) electrons. The maximum atomic E-state index is 10.4. The predicted octanol–water partition coefficient (Wildman–Crippen LogP) is -3.14. The van der Waals surface area contributed by atoms with Crippen LogP contribution >= 0.6 is 0 Å². The van der Waals surface area contributed by atoms with Crippen LogP contribution in [0, 0.1) is 10.4 Å². The minimum absolute atomic E-state index is 0.0482. The van der Waals surface area contributed by atoms with Crippen LogP contribution in [0.25, 0.3) is 11.6 Å². The number of hydrogen-bond acceptors (Lipinski definition) is 6. The molecule has 2 N–H and O–H groups in total. The van der Waals surface area contributed by atoms with Gasteiger partial charge in [0.05, 0.1) is 0 Å². The zero-order valence-electron chi connectivity index (χ0n) is 5.50. The summed E-state index contributed by atoms with van der Waals surface area (Å²) in [4.78, 5) is 0.264. The highest BCUT2D eigenvalue weighted by atomic mass is 16.5. The molecule has 0 aliphatic carbocycles. The van der Waals surface area contributed by atoms with Gasteiger partial charge in [-0.3, -0.25) is 0 Å². The Bertz CT molecular complexity index is 351. The summed E-state index contributed by atoms with van der Waals surface area (Å²) < 4.78 is 0. The van der Waals surface area contributed by atoms with Gasteiger partial charge in [-0.2, -0.15) is 10.2 Å². The summed E-state index contributed by atoms with van der Waals surface area (Å²) >= 11 is 0. The van der Waals surface area contributed by atoms with Crippen LogP contribution in [0.4, 0.5) is 0 Å². The SMILES string of the molecule is [O-][n+]1nnc(-c2nn[n+]([O-])[nH]2)[nH]1. The first-order valence-electron chi connectivity index (χ1n) is 2.81. The van der Waals surface area contributed by atoms with Crippen molar-refractivity contribution in [1.82, 2.24) is 30.8 Å². The summed E-state index contributed by atoms with van der Waals surface area (Å²) in [6.45, 7) is 0. The first-order valence-corrected chi connectivity index (χ1v) is 2.81. The molecular weight excluding hydrogens is 168 g/mol. The summed E-state index contributed by atoms with van der Waals surface area (Å²) in [6.07, 6.45) is 0. The van der Waals surface area contributed by atoms with Gasteiger partial charge in [0.2, 0.25) is 0 Å². The van der Waals surface area contributed by atoms with Crippen LogP contribution in [-0.4, -0.2) is 30.8 Å². The number of H-pyrrole nitrogens is 2. The van der Waals surface area contributed by atoms with Crippen molar-refractivity contribution in [2.24, 2.45) is 0 Å². The number of hydrogen-bond donors (Lipinski definition) is 2. The number of tetrazole rings is 2. The average Bonchev–Trinajstić information content (AvgIpc) is 2.58. The standard InChI is InChI=1S/C2H2N8O2/c11-9-5-1(3-7-9)2-4-8-10(12)6-2/h(H,3,5,7)(H,4,6,8). The van der Waals surface area contributed by atoms with Gasteiger partial charge in [0.1, 0.15) is 10.2 Å². The third kappa shape index (κ3) is 0.902. The number of aromatic amines is 2. The molecule has 0 bridgehead atoms. The van der Waals surface area contributed by atoms with Crippen LogP contribution in [0.15, 0.2) is 0 Å². The Hall–Kier alpha value is -2.26. The van der Waals surface area contributed by atoms with Crippen molar-refractivity contribution in [3.63, 3.8) is 0 Å². The van der Waals surface area contributed by atoms with E-state index in [2.05, 4.69) is 30.8 Å². The normalized spacial score (nSPS) is 10.3. The third-order valence-electron chi connectivity index (χ3n) is 1.08. The lowest BCUT2D eigenvalue weighted by Crippen LogP contribution is -2.31. The Kier molecular flexibility index (Phi) is 1.14. The first kappa shape index (κ1) is 6.45. The molecule has 0 amide bonds. The van der Waals surface area contributed by atoms with E-state index in [-0.39, 0.29) is 21.6 Å². The highest BCUT2D eigenvalue weighted by molar-refractivity contribution is 5.36. The first-order chi connectivity index (χ1) is 5.75. The van der Waals surface area contributed by atoms with Crippen molar-refractivity contribution in [3.8, 4) is 11.6 Å². The molecule has 0 fully saturated rings. The van der Waals surface area contributed by atoms with Gasteiger partial charge in [0.15, 0.2) is 10.4 Å². The minimum atomic E-state index is 0.0482. The predicted molar refractivity (Wildman–Crippen MR) is 29.7 cm³/mol. The van der Waals surface area contributed by atoms with Crippen LogP contribution in [0.1, 0.15) is 0 Å². The molecule has 0 aliphatic heterocycles. The molecule has 2 aromatic heterocycles. The molecule has 10 heteroatoms. The van der Waals surface area contributed by atoms with Crippen molar-refractivity contribution in [3.05, 3.63) is 10.4 Å².